The number of amides is 1. The predicted octanol–water partition coefficient (Wildman–Crippen LogP) is 5.16. The van der Waals surface area contributed by atoms with Crippen LogP contribution in [0.25, 0.3) is 0 Å². The summed E-state index contributed by atoms with van der Waals surface area (Å²) in [6, 6.07) is 17.5. The SMILES string of the molecule is Cc1ccc(C(C)(C)C)cc1S(=O)(=O)Nc1ccc(C(=O)NCc2ccc(F)cc2)cc1. The van der Waals surface area contributed by atoms with E-state index in [0.717, 1.165) is 11.1 Å². The Balaban J connectivity index is 1.71. The molecule has 5 nitrogen and oxygen atoms in total. The lowest BCUT2D eigenvalue weighted by atomic mass is 9.87. The van der Waals surface area contributed by atoms with Crippen LogP contribution in [0.1, 0.15) is 47.8 Å². The van der Waals surface area contributed by atoms with Crippen LogP contribution in [0, 0.1) is 12.7 Å². The molecule has 1 amide bonds. The van der Waals surface area contributed by atoms with Gasteiger partial charge < -0.3 is 5.32 Å². The van der Waals surface area contributed by atoms with Gasteiger partial charge in [0.1, 0.15) is 5.82 Å². The molecule has 0 aliphatic rings. The monoisotopic (exact) mass is 454 g/mol. The van der Waals surface area contributed by atoms with E-state index in [0.29, 0.717) is 16.8 Å². The summed E-state index contributed by atoms with van der Waals surface area (Å²) < 4.78 is 41.5. The summed E-state index contributed by atoms with van der Waals surface area (Å²) in [6.45, 7) is 8.11. The molecule has 0 aromatic heterocycles. The Labute approximate surface area is 188 Å². The minimum absolute atomic E-state index is 0.180. The lowest BCUT2D eigenvalue weighted by molar-refractivity contribution is 0.0951. The van der Waals surface area contributed by atoms with Gasteiger partial charge in [0.05, 0.1) is 4.90 Å². The quantitative estimate of drug-likeness (QED) is 0.540. The fraction of sp³-hybridized carbons (Fsp3) is 0.240. The van der Waals surface area contributed by atoms with Crippen LogP contribution in [-0.4, -0.2) is 14.3 Å². The van der Waals surface area contributed by atoms with E-state index < -0.39 is 10.0 Å². The topological polar surface area (TPSA) is 75.3 Å². The van der Waals surface area contributed by atoms with Gasteiger partial charge in [0.2, 0.25) is 0 Å². The molecular formula is C25H27FN2O3S. The van der Waals surface area contributed by atoms with Crippen molar-refractivity contribution in [1.29, 1.82) is 0 Å². The van der Waals surface area contributed by atoms with Crippen LogP contribution < -0.4 is 10.0 Å². The third-order valence-electron chi connectivity index (χ3n) is 5.11. The van der Waals surface area contributed by atoms with Crippen molar-refractivity contribution in [2.45, 2.75) is 44.6 Å². The summed E-state index contributed by atoms with van der Waals surface area (Å²) in [5.74, 6) is -0.643. The van der Waals surface area contributed by atoms with E-state index in [2.05, 4.69) is 10.0 Å². The van der Waals surface area contributed by atoms with Crippen molar-refractivity contribution in [3.05, 3.63) is 94.8 Å². The molecule has 0 atom stereocenters. The predicted molar refractivity (Wildman–Crippen MR) is 125 cm³/mol. The van der Waals surface area contributed by atoms with Crippen LogP contribution in [0.5, 0.6) is 0 Å². The van der Waals surface area contributed by atoms with Crippen molar-refractivity contribution < 1.29 is 17.6 Å². The maximum Gasteiger partial charge on any atom is 0.262 e. The number of hydrogen-bond acceptors (Lipinski definition) is 3. The molecule has 3 aromatic rings. The summed E-state index contributed by atoms with van der Waals surface area (Å²) in [6.07, 6.45) is 0. The molecule has 3 aromatic carbocycles. The second-order valence-electron chi connectivity index (χ2n) is 8.72. The third-order valence-corrected chi connectivity index (χ3v) is 6.63. The molecule has 0 aliphatic carbocycles. The Morgan fingerprint density at radius 2 is 1.56 bits per heavy atom. The van der Waals surface area contributed by atoms with Crippen LogP contribution in [0.15, 0.2) is 71.6 Å². The minimum Gasteiger partial charge on any atom is -0.348 e. The second-order valence-corrected chi connectivity index (χ2v) is 10.4. The first-order valence-electron chi connectivity index (χ1n) is 10.2. The van der Waals surface area contributed by atoms with Crippen molar-refractivity contribution in [3.63, 3.8) is 0 Å². The Morgan fingerprint density at radius 3 is 2.16 bits per heavy atom. The number of benzene rings is 3. The number of sulfonamides is 1. The number of carbonyl (C=O) groups is 1. The van der Waals surface area contributed by atoms with Gasteiger partial charge in [-0.3, -0.25) is 9.52 Å². The van der Waals surface area contributed by atoms with Gasteiger partial charge in [-0.1, -0.05) is 45.0 Å². The molecule has 0 bridgehead atoms. The van der Waals surface area contributed by atoms with E-state index in [-0.39, 0.29) is 28.6 Å². The molecular weight excluding hydrogens is 427 g/mol. The number of carbonyl (C=O) groups excluding carboxylic acids is 1. The fourth-order valence-electron chi connectivity index (χ4n) is 3.14. The zero-order valence-electron chi connectivity index (χ0n) is 18.6. The molecule has 0 fully saturated rings. The Morgan fingerprint density at radius 1 is 0.938 bits per heavy atom. The molecule has 0 aliphatic heterocycles. The van der Waals surface area contributed by atoms with Gasteiger partial charge in [0.25, 0.3) is 15.9 Å². The Hall–Kier alpha value is -3.19. The lowest BCUT2D eigenvalue weighted by Gasteiger charge is -2.21. The molecule has 0 heterocycles. The first-order valence-corrected chi connectivity index (χ1v) is 11.7. The van der Waals surface area contributed by atoms with E-state index >= 15 is 0 Å². The Kier molecular flexibility index (Phi) is 6.69. The number of rotatable bonds is 6. The van der Waals surface area contributed by atoms with Crippen LogP contribution in [-0.2, 0) is 22.0 Å². The highest BCUT2D eigenvalue weighted by atomic mass is 32.2. The van der Waals surface area contributed by atoms with Gasteiger partial charge in [-0.15, -0.1) is 0 Å². The van der Waals surface area contributed by atoms with Crippen LogP contribution in [0.4, 0.5) is 10.1 Å². The molecule has 168 valence electrons. The van der Waals surface area contributed by atoms with Gasteiger partial charge in [0.15, 0.2) is 0 Å². The average molecular weight is 455 g/mol. The number of nitrogens with one attached hydrogen (secondary N) is 2. The number of aryl methyl sites for hydroxylation is 1. The van der Waals surface area contributed by atoms with Crippen LogP contribution >= 0.6 is 0 Å². The van der Waals surface area contributed by atoms with Gasteiger partial charge in [-0.25, -0.2) is 12.8 Å². The zero-order valence-corrected chi connectivity index (χ0v) is 19.4. The van der Waals surface area contributed by atoms with E-state index in [9.17, 15) is 17.6 Å². The van der Waals surface area contributed by atoms with E-state index in [1.54, 1.807) is 49.4 Å². The molecule has 7 heteroatoms. The fourth-order valence-corrected chi connectivity index (χ4v) is 4.47. The van der Waals surface area contributed by atoms with Crippen LogP contribution in [0.3, 0.4) is 0 Å². The third kappa shape index (κ3) is 5.73. The molecule has 3 rings (SSSR count). The highest BCUT2D eigenvalue weighted by Crippen LogP contribution is 2.27. The molecule has 32 heavy (non-hydrogen) atoms. The highest BCUT2D eigenvalue weighted by molar-refractivity contribution is 7.92. The van der Waals surface area contributed by atoms with E-state index in [1.165, 1.54) is 12.1 Å². The van der Waals surface area contributed by atoms with Gasteiger partial charge >= 0.3 is 0 Å². The summed E-state index contributed by atoms with van der Waals surface area (Å²) in [7, 11) is -3.79. The molecule has 0 spiro atoms. The van der Waals surface area contributed by atoms with Crippen LogP contribution in [0.2, 0.25) is 0 Å². The molecule has 0 saturated heterocycles. The molecule has 0 unspecified atom stereocenters. The number of halogens is 1. The molecule has 0 saturated carbocycles. The van der Waals surface area contributed by atoms with Crippen molar-refractivity contribution in [3.8, 4) is 0 Å². The number of hydrogen-bond donors (Lipinski definition) is 2. The standard InChI is InChI=1S/C25H27FN2O3S/c1-17-5-10-20(25(2,3)4)15-23(17)32(30,31)28-22-13-8-19(9-14-22)24(29)27-16-18-6-11-21(26)12-7-18/h5-15,28H,16H2,1-4H3,(H,27,29). The van der Waals surface area contributed by atoms with Gasteiger partial charge in [-0.2, -0.15) is 0 Å². The van der Waals surface area contributed by atoms with Crippen molar-refractivity contribution in [1.82, 2.24) is 5.32 Å². The van der Waals surface area contributed by atoms with Crippen molar-refractivity contribution in [2.24, 2.45) is 0 Å². The summed E-state index contributed by atoms with van der Waals surface area (Å²) in [4.78, 5) is 12.6. The normalized spacial score (nSPS) is 11.8. The maximum absolute atomic E-state index is 13.0. The smallest absolute Gasteiger partial charge is 0.262 e. The average Bonchev–Trinajstić information content (AvgIpc) is 2.72. The molecule has 2 N–H and O–H groups in total. The minimum atomic E-state index is -3.79. The largest absolute Gasteiger partial charge is 0.348 e. The summed E-state index contributed by atoms with van der Waals surface area (Å²) in [5, 5.41) is 2.76. The van der Waals surface area contributed by atoms with Gasteiger partial charge in [-0.05, 0) is 71.5 Å². The lowest BCUT2D eigenvalue weighted by Crippen LogP contribution is -2.22. The highest BCUT2D eigenvalue weighted by Gasteiger charge is 2.21. The van der Waals surface area contributed by atoms with Crippen molar-refractivity contribution in [2.75, 3.05) is 4.72 Å². The second kappa shape index (κ2) is 9.12. The number of anilines is 1. The van der Waals surface area contributed by atoms with Gasteiger partial charge in [0, 0.05) is 17.8 Å². The zero-order chi connectivity index (χ0) is 23.5. The first kappa shape index (κ1) is 23.5. The summed E-state index contributed by atoms with van der Waals surface area (Å²) in [5.41, 5.74) is 2.93. The summed E-state index contributed by atoms with van der Waals surface area (Å²) >= 11 is 0. The van der Waals surface area contributed by atoms with E-state index in [1.807, 2.05) is 32.9 Å². The van der Waals surface area contributed by atoms with E-state index in [4.69, 9.17) is 0 Å². The Bertz CT molecular complexity index is 1210. The first-order chi connectivity index (χ1) is 15.0. The van der Waals surface area contributed by atoms with Crippen molar-refractivity contribution >= 4 is 21.6 Å². The maximum atomic E-state index is 13.0. The molecule has 0 radical (unpaired) electrons.